The van der Waals surface area contributed by atoms with E-state index >= 15 is 0 Å². The molecule has 2 aromatic rings. The molecular weight excluding hydrogens is 312 g/mol. The van der Waals surface area contributed by atoms with Crippen LogP contribution < -0.4 is 4.90 Å². The molecule has 1 amide bonds. The molecule has 2 aliphatic heterocycles. The van der Waals surface area contributed by atoms with E-state index in [2.05, 4.69) is 14.8 Å². The number of amides is 1. The Morgan fingerprint density at radius 2 is 1.80 bits per heavy atom. The van der Waals surface area contributed by atoms with E-state index in [1.807, 2.05) is 42.6 Å². The molecule has 1 aromatic heterocycles. The molecule has 0 unspecified atom stereocenters. The fraction of sp³-hybridized carbons (Fsp3) is 0.450. The number of nitrogens with zero attached hydrogens (tertiary/aromatic N) is 4. The van der Waals surface area contributed by atoms with E-state index in [0.29, 0.717) is 12.1 Å². The maximum atomic E-state index is 12.0. The fourth-order valence-corrected chi connectivity index (χ4v) is 4.30. The second-order valence-corrected chi connectivity index (χ2v) is 6.93. The van der Waals surface area contributed by atoms with Gasteiger partial charge in [0.25, 0.3) is 0 Å². The van der Waals surface area contributed by atoms with Crippen molar-refractivity contribution in [2.75, 3.05) is 18.0 Å². The van der Waals surface area contributed by atoms with Crippen LogP contribution >= 0.6 is 0 Å². The SMILES string of the molecule is CC(=O)N1CCC[C@H]1[C@@H]1CCCN1c1ccnc(-c2ccccc2)n1. The molecule has 2 aliphatic rings. The third-order valence-electron chi connectivity index (χ3n) is 5.41. The highest BCUT2D eigenvalue weighted by atomic mass is 16.2. The molecule has 0 radical (unpaired) electrons. The van der Waals surface area contributed by atoms with E-state index in [4.69, 9.17) is 4.98 Å². The Bertz CT molecular complexity index is 748. The first-order valence-electron chi connectivity index (χ1n) is 9.16. The summed E-state index contributed by atoms with van der Waals surface area (Å²) in [5, 5.41) is 0. The zero-order chi connectivity index (χ0) is 17.2. The van der Waals surface area contributed by atoms with Crippen LogP contribution in [-0.4, -0.2) is 45.9 Å². The Balaban J connectivity index is 1.62. The number of carbonyl (C=O) groups excluding carboxylic acids is 1. The lowest BCUT2D eigenvalue weighted by atomic mass is 10.0. The fourth-order valence-electron chi connectivity index (χ4n) is 4.30. The molecule has 0 bridgehead atoms. The smallest absolute Gasteiger partial charge is 0.219 e. The third kappa shape index (κ3) is 3.11. The Hall–Kier alpha value is -2.43. The lowest BCUT2D eigenvalue weighted by Gasteiger charge is -2.35. The molecule has 2 saturated heterocycles. The van der Waals surface area contributed by atoms with Gasteiger partial charge in [0.05, 0.1) is 12.1 Å². The van der Waals surface area contributed by atoms with Crippen molar-refractivity contribution < 1.29 is 4.79 Å². The number of carbonyl (C=O) groups is 1. The number of rotatable bonds is 3. The van der Waals surface area contributed by atoms with Crippen molar-refractivity contribution in [3.05, 3.63) is 42.6 Å². The predicted octanol–water partition coefficient (Wildman–Crippen LogP) is 3.12. The van der Waals surface area contributed by atoms with E-state index in [0.717, 1.165) is 56.0 Å². The maximum absolute atomic E-state index is 12.0. The van der Waals surface area contributed by atoms with Gasteiger partial charge >= 0.3 is 0 Å². The van der Waals surface area contributed by atoms with Crippen LogP contribution in [-0.2, 0) is 4.79 Å². The van der Waals surface area contributed by atoms with Crippen molar-refractivity contribution >= 4 is 11.7 Å². The molecule has 3 heterocycles. The summed E-state index contributed by atoms with van der Waals surface area (Å²) in [4.78, 5) is 25.7. The molecular formula is C20H24N4O. The van der Waals surface area contributed by atoms with Crippen LogP contribution in [0.4, 0.5) is 5.82 Å². The van der Waals surface area contributed by atoms with Gasteiger partial charge in [-0.1, -0.05) is 30.3 Å². The summed E-state index contributed by atoms with van der Waals surface area (Å²) in [6, 6.07) is 12.8. The molecule has 0 saturated carbocycles. The molecule has 0 N–H and O–H groups in total. The van der Waals surface area contributed by atoms with Crippen LogP contribution in [0.25, 0.3) is 11.4 Å². The zero-order valence-electron chi connectivity index (χ0n) is 14.6. The van der Waals surface area contributed by atoms with Gasteiger partial charge in [0, 0.05) is 31.8 Å². The summed E-state index contributed by atoms with van der Waals surface area (Å²) in [7, 11) is 0. The van der Waals surface area contributed by atoms with Gasteiger partial charge < -0.3 is 9.80 Å². The van der Waals surface area contributed by atoms with Crippen LogP contribution in [0.3, 0.4) is 0 Å². The van der Waals surface area contributed by atoms with Gasteiger partial charge in [-0.2, -0.15) is 0 Å². The molecule has 4 rings (SSSR count). The lowest BCUT2D eigenvalue weighted by Crippen LogP contribution is -2.48. The Kier molecular flexibility index (Phi) is 4.38. The molecule has 0 aliphatic carbocycles. The number of hydrogen-bond acceptors (Lipinski definition) is 4. The number of benzene rings is 1. The maximum Gasteiger partial charge on any atom is 0.219 e. The number of aromatic nitrogens is 2. The Labute approximate surface area is 148 Å². The van der Waals surface area contributed by atoms with Gasteiger partial charge in [0.2, 0.25) is 5.91 Å². The molecule has 2 fully saturated rings. The summed E-state index contributed by atoms with van der Waals surface area (Å²) >= 11 is 0. The summed E-state index contributed by atoms with van der Waals surface area (Å²) in [5.41, 5.74) is 1.03. The topological polar surface area (TPSA) is 49.3 Å². The van der Waals surface area contributed by atoms with E-state index in [-0.39, 0.29) is 5.91 Å². The molecule has 5 heteroatoms. The first-order valence-corrected chi connectivity index (χ1v) is 9.16. The third-order valence-corrected chi connectivity index (χ3v) is 5.41. The summed E-state index contributed by atoms with van der Waals surface area (Å²) in [6.07, 6.45) is 6.32. The molecule has 1 aromatic carbocycles. The summed E-state index contributed by atoms with van der Waals surface area (Å²) in [6.45, 7) is 3.58. The van der Waals surface area contributed by atoms with Crippen LogP contribution in [0, 0.1) is 0 Å². The van der Waals surface area contributed by atoms with E-state index in [1.54, 1.807) is 6.92 Å². The highest BCUT2D eigenvalue weighted by molar-refractivity contribution is 5.74. The van der Waals surface area contributed by atoms with E-state index < -0.39 is 0 Å². The number of hydrogen-bond donors (Lipinski definition) is 0. The van der Waals surface area contributed by atoms with Crippen molar-refractivity contribution in [1.82, 2.24) is 14.9 Å². The first kappa shape index (κ1) is 16.1. The van der Waals surface area contributed by atoms with Gasteiger partial charge in [-0.05, 0) is 31.7 Å². The number of likely N-dealkylation sites (tertiary alicyclic amines) is 1. The molecule has 2 atom stereocenters. The highest BCUT2D eigenvalue weighted by Crippen LogP contribution is 2.33. The number of anilines is 1. The lowest BCUT2D eigenvalue weighted by molar-refractivity contribution is -0.129. The average Bonchev–Trinajstić information content (AvgIpc) is 3.31. The van der Waals surface area contributed by atoms with Gasteiger partial charge in [0.15, 0.2) is 5.82 Å². The van der Waals surface area contributed by atoms with E-state index in [9.17, 15) is 4.79 Å². The standard InChI is InChI=1S/C20H24N4O/c1-15(25)23-13-5-9-17(23)18-10-6-14-24(18)19-11-12-21-20(22-19)16-7-3-2-4-8-16/h2-4,7-8,11-12,17-18H,5-6,9-10,13-14H2,1H3/t17-,18-/m0/s1. The highest BCUT2D eigenvalue weighted by Gasteiger charge is 2.39. The monoisotopic (exact) mass is 336 g/mol. The van der Waals surface area contributed by atoms with Gasteiger partial charge in [-0.3, -0.25) is 4.79 Å². The molecule has 0 spiro atoms. The average molecular weight is 336 g/mol. The first-order chi connectivity index (χ1) is 12.2. The van der Waals surface area contributed by atoms with Crippen LogP contribution in [0.15, 0.2) is 42.6 Å². The molecule has 25 heavy (non-hydrogen) atoms. The summed E-state index contributed by atoms with van der Waals surface area (Å²) < 4.78 is 0. The van der Waals surface area contributed by atoms with Gasteiger partial charge in [-0.25, -0.2) is 9.97 Å². The van der Waals surface area contributed by atoms with Crippen LogP contribution in [0.2, 0.25) is 0 Å². The minimum absolute atomic E-state index is 0.196. The van der Waals surface area contributed by atoms with Gasteiger partial charge in [-0.15, -0.1) is 0 Å². The van der Waals surface area contributed by atoms with Crippen molar-refractivity contribution in [3.63, 3.8) is 0 Å². The largest absolute Gasteiger partial charge is 0.351 e. The van der Waals surface area contributed by atoms with Crippen molar-refractivity contribution in [2.24, 2.45) is 0 Å². The van der Waals surface area contributed by atoms with Crippen molar-refractivity contribution in [1.29, 1.82) is 0 Å². The van der Waals surface area contributed by atoms with Crippen molar-refractivity contribution in [3.8, 4) is 11.4 Å². The van der Waals surface area contributed by atoms with Crippen LogP contribution in [0.1, 0.15) is 32.6 Å². The minimum Gasteiger partial charge on any atom is -0.351 e. The predicted molar refractivity (Wildman–Crippen MR) is 98.2 cm³/mol. The molecule has 5 nitrogen and oxygen atoms in total. The Morgan fingerprint density at radius 1 is 1.04 bits per heavy atom. The second-order valence-electron chi connectivity index (χ2n) is 6.93. The van der Waals surface area contributed by atoms with Crippen molar-refractivity contribution in [2.45, 2.75) is 44.7 Å². The van der Waals surface area contributed by atoms with Crippen LogP contribution in [0.5, 0.6) is 0 Å². The second kappa shape index (κ2) is 6.82. The molecule has 130 valence electrons. The van der Waals surface area contributed by atoms with E-state index in [1.165, 1.54) is 0 Å². The summed E-state index contributed by atoms with van der Waals surface area (Å²) in [5.74, 6) is 1.94. The Morgan fingerprint density at radius 3 is 2.60 bits per heavy atom. The zero-order valence-corrected chi connectivity index (χ0v) is 14.6. The minimum atomic E-state index is 0.196. The quantitative estimate of drug-likeness (QED) is 0.864. The van der Waals surface area contributed by atoms with Gasteiger partial charge in [0.1, 0.15) is 5.82 Å². The normalized spacial score (nSPS) is 23.2.